The first-order chi connectivity index (χ1) is 21.5. The fourth-order valence-electron chi connectivity index (χ4n) is 8.02. The third kappa shape index (κ3) is 5.47. The number of piperidine rings is 3. The lowest BCUT2D eigenvalue weighted by molar-refractivity contribution is -0.136. The van der Waals surface area contributed by atoms with Crippen molar-refractivity contribution in [2.24, 2.45) is 11.3 Å². The molecule has 2 N–H and O–H groups in total. The maximum absolute atomic E-state index is 15.4. The lowest BCUT2D eigenvalue weighted by Crippen LogP contribution is -2.65. The van der Waals surface area contributed by atoms with E-state index in [-0.39, 0.29) is 65.8 Å². The molecule has 10 heteroatoms. The molecule has 4 amide bonds. The highest BCUT2D eigenvalue weighted by Gasteiger charge is 2.44. The smallest absolute Gasteiger partial charge is 0.258 e. The second-order valence-electron chi connectivity index (χ2n) is 14.1. The standard InChI is InChI=1S/C35H38F2N4O4/c1-35(2)12-11-20(26(16-35)19-3-6-23(36)7-4-19)14-28-21-5-9-30(38-28)41(17-21)34(45)25-13-22-18-40(33(44)24(22)15-27(25)37)29-8-10-31(42)39-32(29)43/h3-4,6-7,13,15,21,28-30,38H,5,8-12,14,16-18H2,1-2H3,(H,39,42,43). The van der Waals surface area contributed by atoms with Gasteiger partial charge in [0, 0.05) is 31.1 Å². The van der Waals surface area contributed by atoms with Crippen LogP contribution in [-0.2, 0) is 16.1 Å². The van der Waals surface area contributed by atoms with Gasteiger partial charge in [-0.05, 0) is 97.2 Å². The summed E-state index contributed by atoms with van der Waals surface area (Å²) in [6, 6.07) is 8.73. The van der Waals surface area contributed by atoms with Crippen molar-refractivity contribution in [3.8, 4) is 0 Å². The molecule has 4 unspecified atom stereocenters. The molecular weight excluding hydrogens is 578 g/mol. The van der Waals surface area contributed by atoms with Crippen molar-refractivity contribution < 1.29 is 28.0 Å². The number of allylic oxidation sites excluding steroid dienone is 1. The molecule has 45 heavy (non-hydrogen) atoms. The number of nitrogens with one attached hydrogen (secondary N) is 2. The first kappa shape index (κ1) is 29.8. The second-order valence-corrected chi connectivity index (χ2v) is 14.1. The lowest BCUT2D eigenvalue weighted by atomic mass is 9.70. The van der Waals surface area contributed by atoms with Crippen LogP contribution in [0.2, 0.25) is 0 Å². The summed E-state index contributed by atoms with van der Waals surface area (Å²) < 4.78 is 29.2. The number of amides is 4. The molecule has 6 aliphatic rings. The summed E-state index contributed by atoms with van der Waals surface area (Å²) in [7, 11) is 0. The molecule has 0 aromatic heterocycles. The molecule has 0 spiro atoms. The molecule has 2 aromatic carbocycles. The normalized spacial score (nSPS) is 27.6. The lowest BCUT2D eigenvalue weighted by Gasteiger charge is -2.51. The van der Waals surface area contributed by atoms with Gasteiger partial charge >= 0.3 is 0 Å². The highest BCUT2D eigenvalue weighted by molar-refractivity contribution is 6.06. The Bertz CT molecular complexity index is 1630. The summed E-state index contributed by atoms with van der Waals surface area (Å²) in [6.45, 7) is 5.15. The predicted molar refractivity (Wildman–Crippen MR) is 162 cm³/mol. The number of nitrogens with zero attached hydrogens (tertiary/aromatic N) is 2. The quantitative estimate of drug-likeness (QED) is 0.465. The van der Waals surface area contributed by atoms with Gasteiger partial charge in [0.1, 0.15) is 17.7 Å². The van der Waals surface area contributed by atoms with Gasteiger partial charge in [-0.1, -0.05) is 31.6 Å². The zero-order valence-corrected chi connectivity index (χ0v) is 25.6. The van der Waals surface area contributed by atoms with Gasteiger partial charge in [0.05, 0.1) is 11.7 Å². The monoisotopic (exact) mass is 616 g/mol. The van der Waals surface area contributed by atoms with Crippen LogP contribution in [0.25, 0.3) is 5.57 Å². The molecule has 8 nitrogen and oxygen atoms in total. The van der Waals surface area contributed by atoms with Crippen molar-refractivity contribution in [2.75, 3.05) is 6.54 Å². The molecule has 4 fully saturated rings. The number of hydrogen-bond donors (Lipinski definition) is 2. The van der Waals surface area contributed by atoms with Gasteiger partial charge in [0.15, 0.2) is 0 Å². The fraction of sp³-hybridized carbons (Fsp3) is 0.486. The average Bonchev–Trinajstić information content (AvgIpc) is 3.32. The molecule has 236 valence electrons. The molecule has 4 atom stereocenters. The Balaban J connectivity index is 1.08. The van der Waals surface area contributed by atoms with Crippen LogP contribution in [-0.4, -0.2) is 58.2 Å². The van der Waals surface area contributed by atoms with Crippen LogP contribution < -0.4 is 10.6 Å². The van der Waals surface area contributed by atoms with E-state index in [2.05, 4.69) is 24.5 Å². The largest absolute Gasteiger partial charge is 0.323 e. The van der Waals surface area contributed by atoms with Crippen molar-refractivity contribution in [2.45, 2.75) is 90.0 Å². The second kappa shape index (κ2) is 11.2. The van der Waals surface area contributed by atoms with E-state index in [0.717, 1.165) is 50.2 Å². The summed E-state index contributed by atoms with van der Waals surface area (Å²) in [5.41, 5.74) is 4.49. The minimum Gasteiger partial charge on any atom is -0.323 e. The zero-order valence-electron chi connectivity index (χ0n) is 25.6. The summed E-state index contributed by atoms with van der Waals surface area (Å²) in [5.74, 6) is -2.59. The molecule has 5 aliphatic heterocycles. The molecule has 2 bridgehead atoms. The number of halogens is 2. The van der Waals surface area contributed by atoms with E-state index >= 15 is 4.39 Å². The number of fused-ring (bicyclic) bond motifs is 4. The van der Waals surface area contributed by atoms with Crippen molar-refractivity contribution in [3.05, 3.63) is 75.9 Å². The number of carbonyl (C=O) groups excluding carboxylic acids is 4. The van der Waals surface area contributed by atoms with E-state index in [9.17, 15) is 23.6 Å². The maximum atomic E-state index is 15.4. The highest BCUT2D eigenvalue weighted by Crippen LogP contribution is 2.46. The number of imide groups is 1. The van der Waals surface area contributed by atoms with E-state index in [1.54, 1.807) is 4.90 Å². The highest BCUT2D eigenvalue weighted by atomic mass is 19.1. The Morgan fingerprint density at radius 2 is 1.80 bits per heavy atom. The molecule has 2 aromatic rings. The third-order valence-corrected chi connectivity index (χ3v) is 10.5. The van der Waals surface area contributed by atoms with Crippen LogP contribution in [0.1, 0.15) is 97.1 Å². The molecule has 8 rings (SSSR count). The van der Waals surface area contributed by atoms with E-state index < -0.39 is 29.6 Å². The first-order valence-electron chi connectivity index (χ1n) is 16.0. The maximum Gasteiger partial charge on any atom is 0.258 e. The van der Waals surface area contributed by atoms with Crippen LogP contribution in [0.15, 0.2) is 42.0 Å². The third-order valence-electron chi connectivity index (χ3n) is 10.5. The fourth-order valence-corrected chi connectivity index (χ4v) is 8.02. The van der Waals surface area contributed by atoms with Gasteiger partial charge in [0.2, 0.25) is 11.8 Å². The topological polar surface area (TPSA) is 98.8 Å². The minimum atomic E-state index is -0.808. The molecule has 5 heterocycles. The Hall–Kier alpha value is -3.92. The SMILES string of the molecule is CC1(C)CCC(CC2NC3CCC2CN3C(=O)c2cc3c(cc2F)C(=O)N(C2CCC(=O)NC2=O)C3)=C(c2ccc(F)cc2)C1. The van der Waals surface area contributed by atoms with Gasteiger partial charge in [-0.2, -0.15) is 0 Å². The van der Waals surface area contributed by atoms with Crippen molar-refractivity contribution in [1.82, 2.24) is 20.4 Å². The van der Waals surface area contributed by atoms with E-state index in [1.165, 1.54) is 34.2 Å². The zero-order chi connectivity index (χ0) is 31.6. The van der Waals surface area contributed by atoms with Crippen molar-refractivity contribution >= 4 is 29.2 Å². The summed E-state index contributed by atoms with van der Waals surface area (Å²) >= 11 is 0. The number of carbonyl (C=O) groups is 4. The van der Waals surface area contributed by atoms with E-state index in [0.29, 0.717) is 12.1 Å². The number of hydrogen-bond acceptors (Lipinski definition) is 5. The van der Waals surface area contributed by atoms with Crippen LogP contribution in [0.4, 0.5) is 8.78 Å². The van der Waals surface area contributed by atoms with Gasteiger partial charge in [-0.25, -0.2) is 8.78 Å². The molecule has 0 saturated carbocycles. The molecular formula is C35H38F2N4O4. The van der Waals surface area contributed by atoms with Gasteiger partial charge in [0.25, 0.3) is 11.8 Å². The summed E-state index contributed by atoms with van der Waals surface area (Å²) in [6.07, 6.45) is 5.71. The van der Waals surface area contributed by atoms with Crippen LogP contribution in [0, 0.1) is 23.0 Å². The Labute approximate surface area is 261 Å². The van der Waals surface area contributed by atoms with Gasteiger partial charge < -0.3 is 9.80 Å². The van der Waals surface area contributed by atoms with Crippen LogP contribution in [0.3, 0.4) is 0 Å². The van der Waals surface area contributed by atoms with Crippen LogP contribution in [0.5, 0.6) is 0 Å². The van der Waals surface area contributed by atoms with Crippen molar-refractivity contribution in [3.63, 3.8) is 0 Å². The van der Waals surface area contributed by atoms with Gasteiger partial charge in [-0.3, -0.25) is 29.8 Å². The number of rotatable bonds is 5. The molecule has 0 radical (unpaired) electrons. The van der Waals surface area contributed by atoms with E-state index in [4.69, 9.17) is 0 Å². The Kier molecular flexibility index (Phi) is 7.38. The summed E-state index contributed by atoms with van der Waals surface area (Å²) in [4.78, 5) is 54.0. The molecule has 4 saturated heterocycles. The minimum absolute atomic E-state index is 0.0756. The van der Waals surface area contributed by atoms with Gasteiger partial charge in [-0.15, -0.1) is 0 Å². The van der Waals surface area contributed by atoms with Crippen molar-refractivity contribution in [1.29, 1.82) is 0 Å². The Morgan fingerprint density at radius 3 is 2.51 bits per heavy atom. The average molecular weight is 617 g/mol. The number of benzene rings is 2. The Morgan fingerprint density at radius 1 is 1.02 bits per heavy atom. The first-order valence-corrected chi connectivity index (χ1v) is 16.0. The summed E-state index contributed by atoms with van der Waals surface area (Å²) in [5, 5.41) is 5.96. The predicted octanol–water partition coefficient (Wildman–Crippen LogP) is 4.93. The van der Waals surface area contributed by atoms with Crippen LogP contribution >= 0.6 is 0 Å². The molecule has 1 aliphatic carbocycles. The van der Waals surface area contributed by atoms with E-state index in [1.807, 2.05) is 12.1 Å².